The molecule has 7 heteroatoms. The Morgan fingerprint density at radius 1 is 1.30 bits per heavy atom. The number of rotatable bonds is 6. The molecule has 0 aliphatic heterocycles. The summed E-state index contributed by atoms with van der Waals surface area (Å²) in [5, 5.41) is 12.9. The normalized spacial score (nSPS) is 10.2. The average molecular weight is 278 g/mol. The van der Waals surface area contributed by atoms with Gasteiger partial charge in [0.25, 0.3) is 5.69 Å². The summed E-state index contributed by atoms with van der Waals surface area (Å²) in [4.78, 5) is 32.5. The molecule has 0 unspecified atom stereocenters. The molecule has 0 atom stereocenters. The number of nitro benzene ring substituents is 1. The minimum Gasteiger partial charge on any atom is -0.463 e. The quantitative estimate of drug-likeness (QED) is 0.371. The van der Waals surface area contributed by atoms with Gasteiger partial charge in [-0.15, -0.1) is 0 Å². The van der Waals surface area contributed by atoms with Crippen molar-refractivity contribution in [1.29, 1.82) is 0 Å². The number of non-ortho nitro benzene ring substituents is 1. The van der Waals surface area contributed by atoms with E-state index in [0.29, 0.717) is 18.7 Å². The standard InChI is InChI=1S/C13H14N2O5/c1-2-9-20-13(17)8-7-12(16)14-10-3-5-11(6-4-10)15(18)19/h3-8H,2,9H2,1H3,(H,14,16)/b8-7-. The van der Waals surface area contributed by atoms with Crippen molar-refractivity contribution in [3.05, 3.63) is 46.5 Å². The minimum absolute atomic E-state index is 0.0679. The van der Waals surface area contributed by atoms with E-state index in [1.165, 1.54) is 24.3 Å². The van der Waals surface area contributed by atoms with Crippen LogP contribution in [-0.4, -0.2) is 23.4 Å². The highest BCUT2D eigenvalue weighted by Gasteiger charge is 2.05. The van der Waals surface area contributed by atoms with Crippen LogP contribution in [0.5, 0.6) is 0 Å². The molecule has 0 aliphatic carbocycles. The van der Waals surface area contributed by atoms with E-state index in [1.54, 1.807) is 0 Å². The highest BCUT2D eigenvalue weighted by molar-refractivity contribution is 6.02. The van der Waals surface area contributed by atoms with Crippen LogP contribution in [0.4, 0.5) is 11.4 Å². The van der Waals surface area contributed by atoms with Crippen LogP contribution in [-0.2, 0) is 14.3 Å². The van der Waals surface area contributed by atoms with Crippen molar-refractivity contribution in [1.82, 2.24) is 0 Å². The van der Waals surface area contributed by atoms with E-state index in [0.717, 1.165) is 12.2 Å². The fourth-order valence-electron chi connectivity index (χ4n) is 1.24. The van der Waals surface area contributed by atoms with Gasteiger partial charge in [-0.3, -0.25) is 14.9 Å². The molecule has 0 saturated heterocycles. The molecular weight excluding hydrogens is 264 g/mol. The van der Waals surface area contributed by atoms with E-state index in [-0.39, 0.29) is 5.69 Å². The Morgan fingerprint density at radius 2 is 1.95 bits per heavy atom. The first-order valence-corrected chi connectivity index (χ1v) is 5.93. The van der Waals surface area contributed by atoms with Gasteiger partial charge >= 0.3 is 5.97 Å². The zero-order valence-corrected chi connectivity index (χ0v) is 10.9. The fraction of sp³-hybridized carbons (Fsp3) is 0.231. The van der Waals surface area contributed by atoms with E-state index in [2.05, 4.69) is 5.32 Å². The molecule has 7 nitrogen and oxygen atoms in total. The number of nitrogens with zero attached hydrogens (tertiary/aromatic N) is 1. The number of nitrogens with one attached hydrogen (secondary N) is 1. The van der Waals surface area contributed by atoms with Crippen molar-refractivity contribution in [2.45, 2.75) is 13.3 Å². The highest BCUT2D eigenvalue weighted by Crippen LogP contribution is 2.15. The number of carbonyl (C=O) groups excluding carboxylic acids is 2. The molecule has 0 fully saturated rings. The molecule has 0 heterocycles. The zero-order valence-electron chi connectivity index (χ0n) is 10.9. The molecule has 0 aromatic heterocycles. The first-order chi connectivity index (χ1) is 9.52. The SMILES string of the molecule is CCCOC(=O)/C=C\C(=O)Nc1ccc([N+](=O)[O-])cc1. The van der Waals surface area contributed by atoms with Gasteiger partial charge in [0, 0.05) is 30.0 Å². The number of carbonyl (C=O) groups is 2. The van der Waals surface area contributed by atoms with Gasteiger partial charge in [-0.1, -0.05) is 6.92 Å². The molecule has 1 amide bonds. The highest BCUT2D eigenvalue weighted by atomic mass is 16.6. The van der Waals surface area contributed by atoms with Crippen molar-refractivity contribution >= 4 is 23.3 Å². The number of amides is 1. The van der Waals surface area contributed by atoms with Gasteiger partial charge in [-0.2, -0.15) is 0 Å². The smallest absolute Gasteiger partial charge is 0.330 e. The summed E-state index contributed by atoms with van der Waals surface area (Å²) in [6, 6.07) is 5.35. The molecule has 0 saturated carbocycles. The van der Waals surface area contributed by atoms with Gasteiger partial charge in [-0.25, -0.2) is 4.79 Å². The van der Waals surface area contributed by atoms with Crippen LogP contribution >= 0.6 is 0 Å². The summed E-state index contributed by atoms with van der Waals surface area (Å²) >= 11 is 0. The Kier molecular flexibility index (Phi) is 5.89. The molecule has 1 N–H and O–H groups in total. The first kappa shape index (κ1) is 15.4. The van der Waals surface area contributed by atoms with Gasteiger partial charge in [-0.05, 0) is 18.6 Å². The Balaban J connectivity index is 2.51. The maximum absolute atomic E-state index is 11.5. The lowest BCUT2D eigenvalue weighted by atomic mass is 10.3. The summed E-state index contributed by atoms with van der Waals surface area (Å²) in [6.07, 6.45) is 2.77. The molecule has 1 aromatic carbocycles. The van der Waals surface area contributed by atoms with Crippen LogP contribution in [0.15, 0.2) is 36.4 Å². The largest absolute Gasteiger partial charge is 0.463 e. The van der Waals surface area contributed by atoms with Crippen molar-refractivity contribution in [3.63, 3.8) is 0 Å². The number of anilines is 1. The van der Waals surface area contributed by atoms with Crippen LogP contribution in [0.2, 0.25) is 0 Å². The lowest BCUT2D eigenvalue weighted by Crippen LogP contribution is -2.09. The number of nitro groups is 1. The van der Waals surface area contributed by atoms with Crippen LogP contribution in [0.1, 0.15) is 13.3 Å². The number of esters is 1. The Hall–Kier alpha value is -2.70. The third-order valence-electron chi connectivity index (χ3n) is 2.16. The second-order valence-electron chi connectivity index (χ2n) is 3.79. The lowest BCUT2D eigenvalue weighted by Gasteiger charge is -2.01. The van der Waals surface area contributed by atoms with E-state index in [4.69, 9.17) is 4.74 Å². The third kappa shape index (κ3) is 5.30. The number of benzene rings is 1. The van der Waals surface area contributed by atoms with E-state index in [1.807, 2.05) is 6.92 Å². The van der Waals surface area contributed by atoms with Crippen molar-refractivity contribution in [2.75, 3.05) is 11.9 Å². The van der Waals surface area contributed by atoms with Crippen LogP contribution < -0.4 is 5.32 Å². The summed E-state index contributed by atoms with van der Waals surface area (Å²) < 4.78 is 4.75. The molecule has 1 aromatic rings. The number of hydrogen-bond acceptors (Lipinski definition) is 5. The van der Waals surface area contributed by atoms with E-state index in [9.17, 15) is 19.7 Å². The van der Waals surface area contributed by atoms with Crippen molar-refractivity contribution < 1.29 is 19.2 Å². The molecule has 1 rings (SSSR count). The average Bonchev–Trinajstić information content (AvgIpc) is 2.43. The zero-order chi connectivity index (χ0) is 15.0. The Labute approximate surface area is 115 Å². The lowest BCUT2D eigenvalue weighted by molar-refractivity contribution is -0.384. The maximum Gasteiger partial charge on any atom is 0.330 e. The molecule has 0 aliphatic rings. The second kappa shape index (κ2) is 7.67. The predicted molar refractivity (Wildman–Crippen MR) is 72.1 cm³/mol. The van der Waals surface area contributed by atoms with Crippen LogP contribution in [0, 0.1) is 10.1 Å². The Bertz CT molecular complexity index is 522. The first-order valence-electron chi connectivity index (χ1n) is 5.93. The van der Waals surface area contributed by atoms with Gasteiger partial charge in [0.15, 0.2) is 0 Å². The monoisotopic (exact) mass is 278 g/mol. The molecule has 20 heavy (non-hydrogen) atoms. The predicted octanol–water partition coefficient (Wildman–Crippen LogP) is 2.04. The fourth-order valence-corrected chi connectivity index (χ4v) is 1.24. The van der Waals surface area contributed by atoms with Gasteiger partial charge in [0.2, 0.25) is 5.91 Å². The van der Waals surface area contributed by atoms with Crippen LogP contribution in [0.3, 0.4) is 0 Å². The van der Waals surface area contributed by atoms with Crippen molar-refractivity contribution in [3.8, 4) is 0 Å². The van der Waals surface area contributed by atoms with Gasteiger partial charge in [0.1, 0.15) is 0 Å². The summed E-state index contributed by atoms with van der Waals surface area (Å²) in [7, 11) is 0. The van der Waals surface area contributed by atoms with Crippen molar-refractivity contribution in [2.24, 2.45) is 0 Å². The van der Waals surface area contributed by atoms with E-state index >= 15 is 0 Å². The summed E-state index contributed by atoms with van der Waals surface area (Å²) in [5.74, 6) is -1.11. The molecule has 0 radical (unpaired) electrons. The van der Waals surface area contributed by atoms with Crippen LogP contribution in [0.25, 0.3) is 0 Å². The molecular formula is C13H14N2O5. The number of hydrogen-bond donors (Lipinski definition) is 1. The summed E-state index contributed by atoms with van der Waals surface area (Å²) in [5.41, 5.74) is 0.328. The Morgan fingerprint density at radius 3 is 2.50 bits per heavy atom. The molecule has 0 spiro atoms. The maximum atomic E-state index is 11.5. The topological polar surface area (TPSA) is 98.5 Å². The third-order valence-corrected chi connectivity index (χ3v) is 2.16. The second-order valence-corrected chi connectivity index (χ2v) is 3.79. The molecule has 106 valence electrons. The summed E-state index contributed by atoms with van der Waals surface area (Å²) in [6.45, 7) is 2.16. The van der Waals surface area contributed by atoms with Gasteiger partial charge < -0.3 is 10.1 Å². The minimum atomic E-state index is -0.592. The van der Waals surface area contributed by atoms with Gasteiger partial charge in [0.05, 0.1) is 11.5 Å². The molecule has 0 bridgehead atoms. The number of ether oxygens (including phenoxy) is 1. The van der Waals surface area contributed by atoms with E-state index < -0.39 is 16.8 Å².